The molecule has 0 saturated heterocycles. The zero-order chi connectivity index (χ0) is 35.4. The number of para-hydroxylation sites is 1. The Balaban J connectivity index is 1.12. The Bertz CT molecular complexity index is 1810. The van der Waals surface area contributed by atoms with E-state index in [0.717, 1.165) is 82.7 Å². The predicted octanol–water partition coefficient (Wildman–Crippen LogP) is 5.56. The maximum atomic E-state index is 14.5. The molecule has 9 nitrogen and oxygen atoms in total. The molecule has 3 amide bonds. The van der Waals surface area contributed by atoms with Crippen molar-refractivity contribution in [3.63, 3.8) is 0 Å². The number of unbranched alkanes of at least 4 members (excludes halogenated alkanes) is 1. The van der Waals surface area contributed by atoms with E-state index in [9.17, 15) is 14.4 Å². The molecule has 270 valence electrons. The summed E-state index contributed by atoms with van der Waals surface area (Å²) in [6, 6.07) is 21.2. The van der Waals surface area contributed by atoms with Gasteiger partial charge in [-0.05, 0) is 115 Å². The number of aromatic amines is 1. The maximum Gasteiger partial charge on any atom is 0.239 e. The third kappa shape index (κ3) is 8.31. The number of hydrogen-bond acceptors (Lipinski definition) is 5. The van der Waals surface area contributed by atoms with Crippen LogP contribution in [0.2, 0.25) is 0 Å². The summed E-state index contributed by atoms with van der Waals surface area (Å²) in [5, 5.41) is 9.61. The first kappa shape index (κ1) is 35.2. The summed E-state index contributed by atoms with van der Waals surface area (Å²) in [6.45, 7) is 1.07. The van der Waals surface area contributed by atoms with Gasteiger partial charge in [0, 0.05) is 36.6 Å². The zero-order valence-corrected chi connectivity index (χ0v) is 29.7. The van der Waals surface area contributed by atoms with Crippen molar-refractivity contribution in [2.24, 2.45) is 34.6 Å². The Kier molecular flexibility index (Phi) is 10.8. The minimum atomic E-state index is -0.679. The molecule has 4 fully saturated rings. The summed E-state index contributed by atoms with van der Waals surface area (Å²) in [6.07, 6.45) is 12.3. The number of rotatable bonds is 16. The van der Waals surface area contributed by atoms with Crippen LogP contribution in [0, 0.1) is 23.2 Å². The number of nitrogens with one attached hydrogen (secondary N) is 3. The molecule has 51 heavy (non-hydrogen) atoms. The Morgan fingerprint density at radius 3 is 2.29 bits per heavy atom. The normalized spacial score (nSPS) is 23.3. The molecular weight excluding hydrogens is 637 g/mol. The number of carbonyl (C=O) groups is 3. The fourth-order valence-corrected chi connectivity index (χ4v) is 10.0. The van der Waals surface area contributed by atoms with Crippen molar-refractivity contribution in [2.75, 3.05) is 19.6 Å². The van der Waals surface area contributed by atoms with Gasteiger partial charge in [-0.15, -0.1) is 0 Å². The number of carbonyl (C=O) groups excluding carboxylic acids is 3. The van der Waals surface area contributed by atoms with Crippen LogP contribution in [0.4, 0.5) is 0 Å². The highest BCUT2D eigenvalue weighted by atomic mass is 16.2. The fraction of sp³-hybridized carbons (Fsp3) is 0.500. The van der Waals surface area contributed by atoms with E-state index in [2.05, 4.69) is 39.9 Å². The number of aromatic nitrogens is 1. The Morgan fingerprint density at radius 1 is 0.863 bits per heavy atom. The summed E-state index contributed by atoms with van der Waals surface area (Å²) < 4.78 is 0. The largest absolute Gasteiger partial charge is 0.361 e. The lowest BCUT2D eigenvalue weighted by Crippen LogP contribution is -2.54. The van der Waals surface area contributed by atoms with Gasteiger partial charge in [0.2, 0.25) is 17.7 Å². The van der Waals surface area contributed by atoms with Crippen LogP contribution >= 0.6 is 0 Å². The smallest absolute Gasteiger partial charge is 0.239 e. The minimum Gasteiger partial charge on any atom is -0.361 e. The Hall–Kier alpha value is -4.21. The fourth-order valence-electron chi connectivity index (χ4n) is 10.0. The highest BCUT2D eigenvalue weighted by Gasteiger charge is 2.52. The average Bonchev–Trinajstić information content (AvgIpc) is 3.52. The molecule has 2 atom stereocenters. The van der Waals surface area contributed by atoms with Gasteiger partial charge in [-0.3, -0.25) is 14.4 Å². The van der Waals surface area contributed by atoms with Crippen molar-refractivity contribution in [3.8, 4) is 0 Å². The van der Waals surface area contributed by atoms with Crippen molar-refractivity contribution in [3.05, 3.63) is 84.1 Å². The molecule has 9 heteroatoms. The molecule has 4 aliphatic rings. The number of H-pyrrole nitrogens is 1. The quantitative estimate of drug-likeness (QED) is 0.0979. The van der Waals surface area contributed by atoms with Crippen LogP contribution in [0.25, 0.3) is 21.7 Å². The highest BCUT2D eigenvalue weighted by molar-refractivity contribution is 5.88. The second-order valence-electron chi connectivity index (χ2n) is 15.9. The first-order chi connectivity index (χ1) is 24.8. The molecule has 0 unspecified atom stereocenters. The highest BCUT2D eigenvalue weighted by Crippen LogP contribution is 2.61. The van der Waals surface area contributed by atoms with E-state index < -0.39 is 12.1 Å². The number of fused-ring (bicyclic) bond motifs is 2. The summed E-state index contributed by atoms with van der Waals surface area (Å²) in [7, 11) is 0. The third-order valence-corrected chi connectivity index (χ3v) is 12.0. The molecule has 4 saturated carbocycles. The molecule has 4 aliphatic carbocycles. The first-order valence-corrected chi connectivity index (χ1v) is 19.1. The molecule has 4 aromatic rings. The van der Waals surface area contributed by atoms with Crippen LogP contribution in [0.3, 0.4) is 0 Å². The monoisotopic (exact) mass is 690 g/mol. The van der Waals surface area contributed by atoms with E-state index in [4.69, 9.17) is 11.5 Å². The number of nitrogens with zero attached hydrogens (tertiary/aromatic N) is 1. The summed E-state index contributed by atoms with van der Waals surface area (Å²) >= 11 is 0. The van der Waals surface area contributed by atoms with Crippen molar-refractivity contribution in [2.45, 2.75) is 89.3 Å². The van der Waals surface area contributed by atoms with Gasteiger partial charge in [-0.25, -0.2) is 0 Å². The van der Waals surface area contributed by atoms with Crippen LogP contribution in [0.15, 0.2) is 72.9 Å². The van der Waals surface area contributed by atoms with Crippen molar-refractivity contribution in [1.82, 2.24) is 20.5 Å². The van der Waals surface area contributed by atoms with E-state index >= 15 is 0 Å². The average molecular weight is 691 g/mol. The van der Waals surface area contributed by atoms with Gasteiger partial charge in [-0.1, -0.05) is 67.1 Å². The van der Waals surface area contributed by atoms with Gasteiger partial charge in [-0.2, -0.15) is 0 Å². The van der Waals surface area contributed by atoms with Crippen molar-refractivity contribution >= 4 is 39.4 Å². The molecule has 7 N–H and O–H groups in total. The van der Waals surface area contributed by atoms with Crippen LogP contribution in [-0.2, 0) is 27.3 Å². The van der Waals surface area contributed by atoms with Gasteiger partial charge < -0.3 is 32.0 Å². The van der Waals surface area contributed by atoms with Crippen LogP contribution in [0.1, 0.15) is 75.3 Å². The van der Waals surface area contributed by atoms with Gasteiger partial charge in [0.15, 0.2) is 0 Å². The van der Waals surface area contributed by atoms with E-state index in [1.165, 1.54) is 19.3 Å². The van der Waals surface area contributed by atoms with Gasteiger partial charge >= 0.3 is 0 Å². The zero-order valence-electron chi connectivity index (χ0n) is 29.7. The number of nitrogens with two attached hydrogens (primary N) is 2. The van der Waals surface area contributed by atoms with E-state index in [-0.39, 0.29) is 36.2 Å². The molecule has 3 aromatic carbocycles. The van der Waals surface area contributed by atoms with E-state index in [1.807, 2.05) is 48.7 Å². The Labute approximate surface area is 301 Å². The SMILES string of the molecule is NCCCC[C@H](N)C(=O)N[C@@H](Cc1c[nH]c2ccccc12)CN(CC(=O)NCc1cccc2ccccc12)C(=O)C[C@]12CC3C[C@H](C[C@H](C3)C1)C2. The van der Waals surface area contributed by atoms with Crippen LogP contribution in [-0.4, -0.2) is 59.3 Å². The molecule has 0 radical (unpaired) electrons. The van der Waals surface area contributed by atoms with E-state index in [0.29, 0.717) is 32.4 Å². The van der Waals surface area contributed by atoms with Gasteiger partial charge in [0.1, 0.15) is 0 Å². The minimum absolute atomic E-state index is 0.00248. The number of hydrogen-bond donors (Lipinski definition) is 5. The molecule has 0 aliphatic heterocycles. The number of amides is 3. The molecule has 4 bridgehead atoms. The number of benzene rings is 3. The van der Waals surface area contributed by atoms with Crippen LogP contribution in [0.5, 0.6) is 0 Å². The molecule has 1 aromatic heterocycles. The van der Waals surface area contributed by atoms with Crippen molar-refractivity contribution in [1.29, 1.82) is 0 Å². The van der Waals surface area contributed by atoms with Crippen molar-refractivity contribution < 1.29 is 14.4 Å². The molecule has 0 spiro atoms. The van der Waals surface area contributed by atoms with Gasteiger partial charge in [0.25, 0.3) is 0 Å². The van der Waals surface area contributed by atoms with Gasteiger partial charge in [0.05, 0.1) is 18.6 Å². The summed E-state index contributed by atoms with van der Waals surface area (Å²) in [4.78, 5) is 46.9. The molecule has 1 heterocycles. The van der Waals surface area contributed by atoms with Crippen LogP contribution < -0.4 is 22.1 Å². The lowest BCUT2D eigenvalue weighted by Gasteiger charge is -2.57. The van der Waals surface area contributed by atoms with E-state index in [1.54, 1.807) is 4.90 Å². The topological polar surface area (TPSA) is 146 Å². The summed E-state index contributed by atoms with van der Waals surface area (Å²) in [5.74, 6) is 1.70. The maximum absolute atomic E-state index is 14.5. The third-order valence-electron chi connectivity index (χ3n) is 12.0. The Morgan fingerprint density at radius 2 is 1.55 bits per heavy atom. The lowest BCUT2D eigenvalue weighted by atomic mass is 9.49. The predicted molar refractivity (Wildman–Crippen MR) is 202 cm³/mol. The molecular formula is C42H54N6O3. The second kappa shape index (κ2) is 15.6. The lowest BCUT2D eigenvalue weighted by molar-refractivity contribution is -0.143. The second-order valence-corrected chi connectivity index (χ2v) is 15.9. The standard InChI is InChI=1S/C42H54N6O3/c43-15-6-5-13-37(44)41(51)47-34(19-33-25-45-38-14-4-3-12-36(33)38)26-48(40(50)23-42-20-28-16-29(21-42)18-30(17-28)22-42)27-39(49)46-24-32-10-7-9-31-8-1-2-11-35(31)32/h1-4,7-12,14,25,28-30,34,37,45H,5-6,13,15-24,26-27,43-44H2,(H,46,49)(H,47,51)/t28-,29+,30?,34-,37-,42-/m0/s1. The molecule has 8 rings (SSSR count). The summed E-state index contributed by atoms with van der Waals surface area (Å²) in [5.41, 5.74) is 15.2. The first-order valence-electron chi connectivity index (χ1n) is 19.1.